The molecule has 2 aromatic heterocycles. The van der Waals surface area contributed by atoms with Crippen molar-refractivity contribution >= 4 is 32.7 Å². The SMILES string of the molecule is COC1CCN(c2cc(C(=O)NS(C)(=O)=O)nc3c2c(C2CCC2)nn3-c2ccccc2)CC1. The molecule has 2 aliphatic rings. The molecule has 0 atom stereocenters. The van der Waals surface area contributed by atoms with Crippen molar-refractivity contribution in [3.8, 4) is 5.69 Å². The number of carbonyl (C=O) groups is 1. The Morgan fingerprint density at radius 3 is 2.41 bits per heavy atom. The highest BCUT2D eigenvalue weighted by Gasteiger charge is 2.31. The Morgan fingerprint density at radius 1 is 1.12 bits per heavy atom. The number of fused-ring (bicyclic) bond motifs is 1. The van der Waals surface area contributed by atoms with Gasteiger partial charge in [0.15, 0.2) is 5.65 Å². The average Bonchev–Trinajstić information content (AvgIpc) is 3.16. The van der Waals surface area contributed by atoms with Crippen LogP contribution in [0.25, 0.3) is 16.7 Å². The van der Waals surface area contributed by atoms with Gasteiger partial charge in [0.25, 0.3) is 5.91 Å². The van der Waals surface area contributed by atoms with Gasteiger partial charge in [-0.3, -0.25) is 4.79 Å². The molecule has 1 amide bonds. The van der Waals surface area contributed by atoms with Crippen molar-refractivity contribution in [3.05, 3.63) is 47.8 Å². The van der Waals surface area contributed by atoms with Gasteiger partial charge in [-0.2, -0.15) is 5.10 Å². The van der Waals surface area contributed by atoms with Gasteiger partial charge in [-0.25, -0.2) is 22.8 Å². The molecule has 5 rings (SSSR count). The minimum atomic E-state index is -3.73. The maximum Gasteiger partial charge on any atom is 0.283 e. The number of sulfonamides is 1. The monoisotopic (exact) mass is 483 g/mol. The van der Waals surface area contributed by atoms with Crippen LogP contribution in [0.1, 0.15) is 54.2 Å². The van der Waals surface area contributed by atoms with E-state index in [-0.39, 0.29) is 11.8 Å². The summed E-state index contributed by atoms with van der Waals surface area (Å²) < 4.78 is 32.9. The molecule has 180 valence electrons. The third-order valence-corrected chi connectivity index (χ3v) is 7.32. The number of hydrogen-bond donors (Lipinski definition) is 1. The topological polar surface area (TPSA) is 106 Å². The number of anilines is 1. The molecule has 2 fully saturated rings. The number of aromatic nitrogens is 3. The number of nitrogens with one attached hydrogen (secondary N) is 1. The number of benzene rings is 1. The van der Waals surface area contributed by atoms with Gasteiger partial charge in [0.05, 0.1) is 34.8 Å². The predicted molar refractivity (Wildman–Crippen MR) is 130 cm³/mol. The van der Waals surface area contributed by atoms with Crippen molar-refractivity contribution in [1.29, 1.82) is 0 Å². The van der Waals surface area contributed by atoms with E-state index in [9.17, 15) is 13.2 Å². The molecule has 0 spiro atoms. The van der Waals surface area contributed by atoms with E-state index in [0.29, 0.717) is 11.6 Å². The summed E-state index contributed by atoms with van der Waals surface area (Å²) in [5, 5.41) is 5.94. The van der Waals surface area contributed by atoms with E-state index in [1.165, 1.54) is 6.42 Å². The quantitative estimate of drug-likeness (QED) is 0.574. The number of methoxy groups -OCH3 is 1. The van der Waals surface area contributed by atoms with Crippen LogP contribution in [0.3, 0.4) is 0 Å². The van der Waals surface area contributed by atoms with Crippen molar-refractivity contribution < 1.29 is 17.9 Å². The number of rotatable bonds is 6. The number of ether oxygens (including phenoxy) is 1. The Kier molecular flexibility index (Phi) is 6.03. The van der Waals surface area contributed by atoms with Crippen LogP contribution in [0.5, 0.6) is 0 Å². The van der Waals surface area contributed by atoms with Gasteiger partial charge in [-0.1, -0.05) is 24.6 Å². The Labute approximate surface area is 199 Å². The van der Waals surface area contributed by atoms with Crippen LogP contribution in [0.2, 0.25) is 0 Å². The van der Waals surface area contributed by atoms with Crippen LogP contribution < -0.4 is 9.62 Å². The van der Waals surface area contributed by atoms with Crippen LogP contribution in [0.15, 0.2) is 36.4 Å². The van der Waals surface area contributed by atoms with Gasteiger partial charge in [0.1, 0.15) is 5.69 Å². The largest absolute Gasteiger partial charge is 0.381 e. The summed E-state index contributed by atoms with van der Waals surface area (Å²) in [7, 11) is -2.00. The molecule has 1 N–H and O–H groups in total. The molecule has 3 heterocycles. The highest BCUT2D eigenvalue weighted by molar-refractivity contribution is 7.89. The van der Waals surface area contributed by atoms with Gasteiger partial charge < -0.3 is 9.64 Å². The molecule has 34 heavy (non-hydrogen) atoms. The summed E-state index contributed by atoms with van der Waals surface area (Å²) in [6.07, 6.45) is 6.22. The minimum absolute atomic E-state index is 0.0547. The van der Waals surface area contributed by atoms with Gasteiger partial charge in [-0.05, 0) is 43.9 Å². The Bertz CT molecular complexity index is 1310. The highest BCUT2D eigenvalue weighted by Crippen LogP contribution is 2.43. The van der Waals surface area contributed by atoms with Crippen molar-refractivity contribution in [2.45, 2.75) is 44.1 Å². The van der Waals surface area contributed by atoms with Crippen LogP contribution in [0, 0.1) is 0 Å². The molecule has 1 aromatic carbocycles. The summed E-state index contributed by atoms with van der Waals surface area (Å²) >= 11 is 0. The van der Waals surface area contributed by atoms with E-state index in [4.69, 9.17) is 9.84 Å². The van der Waals surface area contributed by atoms with Crippen LogP contribution in [-0.2, 0) is 14.8 Å². The second-order valence-electron chi connectivity index (χ2n) is 9.11. The normalized spacial score (nSPS) is 17.6. The predicted octanol–water partition coefficient (Wildman–Crippen LogP) is 2.99. The first kappa shape index (κ1) is 22.8. The molecule has 0 radical (unpaired) electrons. The first-order valence-corrected chi connectivity index (χ1v) is 13.5. The second-order valence-corrected chi connectivity index (χ2v) is 10.9. The fourth-order valence-electron chi connectivity index (χ4n) is 4.76. The van der Waals surface area contributed by atoms with Gasteiger partial charge in [-0.15, -0.1) is 0 Å². The van der Waals surface area contributed by atoms with Crippen LogP contribution in [-0.4, -0.2) is 61.6 Å². The smallest absolute Gasteiger partial charge is 0.283 e. The molecule has 1 aliphatic heterocycles. The molecule has 3 aromatic rings. The highest BCUT2D eigenvalue weighted by atomic mass is 32.2. The number of amides is 1. The lowest BCUT2D eigenvalue weighted by molar-refractivity contribution is 0.0819. The zero-order valence-corrected chi connectivity index (χ0v) is 20.2. The average molecular weight is 484 g/mol. The number of piperidine rings is 1. The summed E-state index contributed by atoms with van der Waals surface area (Å²) in [4.78, 5) is 19.8. The van der Waals surface area contributed by atoms with Crippen molar-refractivity contribution in [2.24, 2.45) is 0 Å². The maximum absolute atomic E-state index is 12.9. The summed E-state index contributed by atoms with van der Waals surface area (Å²) in [6.45, 7) is 1.54. The molecule has 1 aliphatic carbocycles. The molecule has 1 saturated heterocycles. The first-order chi connectivity index (χ1) is 16.3. The molecule has 1 saturated carbocycles. The third-order valence-electron chi connectivity index (χ3n) is 6.76. The Balaban J connectivity index is 1.71. The van der Waals surface area contributed by atoms with E-state index in [2.05, 4.69) is 14.6 Å². The maximum atomic E-state index is 12.9. The van der Waals surface area contributed by atoms with Crippen LogP contribution in [0.4, 0.5) is 5.69 Å². The lowest BCUT2D eigenvalue weighted by Crippen LogP contribution is -2.37. The van der Waals surface area contributed by atoms with E-state index < -0.39 is 15.9 Å². The number of hydrogen-bond acceptors (Lipinski definition) is 7. The molecule has 0 unspecified atom stereocenters. The van der Waals surface area contributed by atoms with E-state index >= 15 is 0 Å². The van der Waals surface area contributed by atoms with Crippen molar-refractivity contribution in [2.75, 3.05) is 31.4 Å². The van der Waals surface area contributed by atoms with Crippen molar-refractivity contribution in [1.82, 2.24) is 19.5 Å². The standard InChI is InChI=1S/C24H29N5O4S/c1-33-18-11-13-28(14-12-18)20-15-19(24(30)27-34(2,31)32)25-23-21(20)22(16-7-6-8-16)26-29(23)17-9-4-3-5-10-17/h3-5,9-10,15-16,18H,6-8,11-14H2,1-2H3,(H,27,30). The summed E-state index contributed by atoms with van der Waals surface area (Å²) in [5.41, 5.74) is 3.34. The number of nitrogens with zero attached hydrogens (tertiary/aromatic N) is 4. The minimum Gasteiger partial charge on any atom is -0.381 e. The van der Waals surface area contributed by atoms with Crippen molar-refractivity contribution in [3.63, 3.8) is 0 Å². The first-order valence-electron chi connectivity index (χ1n) is 11.6. The molecule has 10 heteroatoms. The van der Waals surface area contributed by atoms with Gasteiger partial charge >= 0.3 is 0 Å². The van der Waals surface area contributed by atoms with E-state index in [1.54, 1.807) is 17.9 Å². The van der Waals surface area contributed by atoms with Gasteiger partial charge in [0.2, 0.25) is 10.0 Å². The zero-order valence-electron chi connectivity index (χ0n) is 19.4. The lowest BCUT2D eigenvalue weighted by atomic mass is 9.82. The molecular formula is C24H29N5O4S. The lowest BCUT2D eigenvalue weighted by Gasteiger charge is -2.34. The van der Waals surface area contributed by atoms with Gasteiger partial charge in [0, 0.05) is 26.1 Å². The molecular weight excluding hydrogens is 454 g/mol. The third kappa shape index (κ3) is 4.39. The molecule has 0 bridgehead atoms. The zero-order chi connectivity index (χ0) is 23.9. The van der Waals surface area contributed by atoms with Crippen LogP contribution >= 0.6 is 0 Å². The summed E-state index contributed by atoms with van der Waals surface area (Å²) in [5.74, 6) is -0.399. The summed E-state index contributed by atoms with van der Waals surface area (Å²) in [6, 6.07) is 11.4. The number of carbonyl (C=O) groups excluding carboxylic acids is 1. The second kappa shape index (κ2) is 8.99. The number of pyridine rings is 1. The molecule has 9 nitrogen and oxygen atoms in total. The fourth-order valence-corrected chi connectivity index (χ4v) is 5.20. The van der Waals surface area contributed by atoms with E-state index in [0.717, 1.165) is 67.5 Å². The number of para-hydroxylation sites is 1. The van der Waals surface area contributed by atoms with E-state index in [1.807, 2.05) is 30.3 Å². The Morgan fingerprint density at radius 2 is 1.82 bits per heavy atom. The Hall–Kier alpha value is -2.98. The fraction of sp³-hybridized carbons (Fsp3) is 0.458.